The molecule has 0 saturated carbocycles. The maximum atomic E-state index is 13.3. The highest BCUT2D eigenvalue weighted by molar-refractivity contribution is 6.35. The molecule has 0 aliphatic carbocycles. The summed E-state index contributed by atoms with van der Waals surface area (Å²) >= 11 is 11.3. The maximum Gasteiger partial charge on any atom is 0.246 e. The van der Waals surface area contributed by atoms with Crippen molar-refractivity contribution in [1.82, 2.24) is 9.78 Å². The zero-order valence-electron chi connectivity index (χ0n) is 10.4. The molecule has 2 aromatic rings. The quantitative estimate of drug-likeness (QED) is 0.854. The Kier molecular flexibility index (Phi) is 4.27. The van der Waals surface area contributed by atoms with Crippen LogP contribution < -0.4 is 11.1 Å². The Bertz CT molecular complexity index is 636. The number of halogens is 3. The number of nitrogens with one attached hydrogen (secondary N) is 1. The van der Waals surface area contributed by atoms with Crippen molar-refractivity contribution in [2.75, 3.05) is 5.32 Å². The molecular weight excluding hydrogens is 306 g/mol. The molecule has 1 heterocycles. The maximum absolute atomic E-state index is 13.3. The summed E-state index contributed by atoms with van der Waals surface area (Å²) in [7, 11) is 1.72. The molecule has 8 heteroatoms. The minimum Gasteiger partial charge on any atom is -0.324 e. The van der Waals surface area contributed by atoms with Crippen molar-refractivity contribution >= 4 is 34.8 Å². The van der Waals surface area contributed by atoms with Crippen LogP contribution in [-0.2, 0) is 11.8 Å². The molecule has 2 rings (SSSR count). The minimum absolute atomic E-state index is 0.178. The van der Waals surface area contributed by atoms with Crippen molar-refractivity contribution in [3.63, 3.8) is 0 Å². The summed E-state index contributed by atoms with van der Waals surface area (Å²) in [4.78, 5) is 12.0. The molecule has 0 aliphatic heterocycles. The molecule has 0 radical (unpaired) electrons. The second kappa shape index (κ2) is 5.78. The Balaban J connectivity index is 2.15. The monoisotopic (exact) mass is 316 g/mol. The third kappa shape index (κ3) is 3.09. The van der Waals surface area contributed by atoms with E-state index >= 15 is 0 Å². The summed E-state index contributed by atoms with van der Waals surface area (Å²) in [5.41, 5.74) is 6.63. The molecule has 1 aromatic carbocycles. The normalized spacial score (nSPS) is 12.2. The van der Waals surface area contributed by atoms with Gasteiger partial charge in [0.1, 0.15) is 6.04 Å². The van der Waals surface area contributed by atoms with Gasteiger partial charge in [0.05, 0.1) is 16.2 Å². The molecule has 0 saturated heterocycles. The molecule has 20 heavy (non-hydrogen) atoms. The summed E-state index contributed by atoms with van der Waals surface area (Å²) in [5, 5.41) is 6.10. The first-order valence-electron chi connectivity index (χ1n) is 5.58. The van der Waals surface area contributed by atoms with E-state index in [0.29, 0.717) is 5.56 Å². The Morgan fingerprint density at radius 3 is 2.55 bits per heavy atom. The van der Waals surface area contributed by atoms with Crippen molar-refractivity contribution in [3.8, 4) is 0 Å². The first kappa shape index (κ1) is 14.8. The van der Waals surface area contributed by atoms with Gasteiger partial charge in [-0.2, -0.15) is 5.10 Å². The van der Waals surface area contributed by atoms with Crippen LogP contribution in [0.3, 0.4) is 0 Å². The van der Waals surface area contributed by atoms with E-state index in [1.807, 2.05) is 0 Å². The average Bonchev–Trinajstić information content (AvgIpc) is 2.81. The van der Waals surface area contributed by atoms with Gasteiger partial charge >= 0.3 is 0 Å². The molecule has 0 spiro atoms. The zero-order valence-corrected chi connectivity index (χ0v) is 11.9. The number of amides is 1. The predicted octanol–water partition coefficient (Wildman–Crippen LogP) is 2.50. The first-order valence-corrected chi connectivity index (χ1v) is 6.33. The van der Waals surface area contributed by atoms with Gasteiger partial charge < -0.3 is 11.1 Å². The van der Waals surface area contributed by atoms with Crippen LogP contribution in [0.25, 0.3) is 0 Å². The van der Waals surface area contributed by atoms with E-state index in [1.54, 1.807) is 13.2 Å². The van der Waals surface area contributed by atoms with Gasteiger partial charge in [0.2, 0.25) is 5.91 Å². The molecule has 1 atom stereocenters. The predicted molar refractivity (Wildman–Crippen MR) is 75.2 cm³/mol. The van der Waals surface area contributed by atoms with Gasteiger partial charge in [0.15, 0.2) is 5.82 Å². The highest BCUT2D eigenvalue weighted by Crippen LogP contribution is 2.27. The third-order valence-corrected chi connectivity index (χ3v) is 3.17. The van der Waals surface area contributed by atoms with Crippen LogP contribution in [0.1, 0.15) is 11.6 Å². The number of nitrogens with two attached hydrogens (primary N) is 1. The van der Waals surface area contributed by atoms with Crippen LogP contribution in [0.15, 0.2) is 24.5 Å². The van der Waals surface area contributed by atoms with Crippen molar-refractivity contribution in [2.45, 2.75) is 6.04 Å². The lowest BCUT2D eigenvalue weighted by Crippen LogP contribution is -2.27. The van der Waals surface area contributed by atoms with E-state index in [2.05, 4.69) is 10.4 Å². The van der Waals surface area contributed by atoms with Crippen molar-refractivity contribution in [1.29, 1.82) is 0 Å². The second-order valence-electron chi connectivity index (χ2n) is 4.17. The molecule has 0 fully saturated rings. The molecule has 3 N–H and O–H groups in total. The lowest BCUT2D eigenvalue weighted by Gasteiger charge is -2.11. The van der Waals surface area contributed by atoms with E-state index in [4.69, 9.17) is 28.9 Å². The fraction of sp³-hybridized carbons (Fsp3) is 0.167. The molecule has 1 aromatic heterocycles. The Labute approximate surface area is 124 Å². The standard InChI is InChI=1S/C12H11Cl2FN4O/c1-19-5-6(4-17-19)11(16)12(20)18-7-2-8(13)10(15)9(14)3-7/h2-5,11H,16H2,1H3,(H,18,20). The molecule has 0 bridgehead atoms. The highest BCUT2D eigenvalue weighted by Gasteiger charge is 2.18. The van der Waals surface area contributed by atoms with Crippen molar-refractivity contribution < 1.29 is 9.18 Å². The first-order chi connectivity index (χ1) is 9.38. The Morgan fingerprint density at radius 1 is 1.45 bits per heavy atom. The second-order valence-corrected chi connectivity index (χ2v) is 4.98. The fourth-order valence-electron chi connectivity index (χ4n) is 1.60. The number of benzene rings is 1. The SMILES string of the molecule is Cn1cc(C(N)C(=O)Nc2cc(Cl)c(F)c(Cl)c2)cn1. The third-order valence-electron chi connectivity index (χ3n) is 2.62. The number of nitrogens with zero attached hydrogens (tertiary/aromatic N) is 2. The topological polar surface area (TPSA) is 72.9 Å². The van der Waals surface area contributed by atoms with E-state index in [9.17, 15) is 9.18 Å². The number of anilines is 1. The van der Waals surface area contributed by atoms with E-state index < -0.39 is 17.8 Å². The Hall–Kier alpha value is -1.63. The van der Waals surface area contributed by atoms with Crippen LogP contribution in [0.2, 0.25) is 10.0 Å². The fourth-order valence-corrected chi connectivity index (χ4v) is 2.09. The summed E-state index contributed by atoms with van der Waals surface area (Å²) in [6.45, 7) is 0. The number of carbonyl (C=O) groups excluding carboxylic acids is 1. The number of aromatic nitrogens is 2. The number of carbonyl (C=O) groups is 1. The molecule has 106 valence electrons. The van der Waals surface area contributed by atoms with Crippen LogP contribution in [0.5, 0.6) is 0 Å². The summed E-state index contributed by atoms with van der Waals surface area (Å²) in [6, 6.07) is 1.62. The van der Waals surface area contributed by atoms with Crippen LogP contribution >= 0.6 is 23.2 Å². The largest absolute Gasteiger partial charge is 0.324 e. The van der Waals surface area contributed by atoms with Crippen LogP contribution in [0.4, 0.5) is 10.1 Å². The average molecular weight is 317 g/mol. The van der Waals surface area contributed by atoms with Crippen molar-refractivity contribution in [3.05, 3.63) is 46.0 Å². The van der Waals surface area contributed by atoms with E-state index in [0.717, 1.165) is 0 Å². The molecule has 1 amide bonds. The number of aryl methyl sites for hydroxylation is 1. The lowest BCUT2D eigenvalue weighted by molar-refractivity contribution is -0.117. The Morgan fingerprint density at radius 2 is 2.05 bits per heavy atom. The van der Waals surface area contributed by atoms with Crippen molar-refractivity contribution in [2.24, 2.45) is 12.8 Å². The van der Waals surface area contributed by atoms with E-state index in [-0.39, 0.29) is 15.7 Å². The van der Waals surface area contributed by atoms with Gasteiger partial charge in [-0.15, -0.1) is 0 Å². The van der Waals surface area contributed by atoms with Gasteiger partial charge in [-0.3, -0.25) is 9.48 Å². The van der Waals surface area contributed by atoms with E-state index in [1.165, 1.54) is 23.0 Å². The van der Waals surface area contributed by atoms with Gasteiger partial charge in [0, 0.05) is 24.5 Å². The lowest BCUT2D eigenvalue weighted by atomic mass is 10.1. The van der Waals surface area contributed by atoms with Gasteiger partial charge in [-0.05, 0) is 12.1 Å². The van der Waals surface area contributed by atoms with Gasteiger partial charge in [-0.1, -0.05) is 23.2 Å². The molecule has 5 nitrogen and oxygen atoms in total. The molecular formula is C12H11Cl2FN4O. The smallest absolute Gasteiger partial charge is 0.246 e. The van der Waals surface area contributed by atoms with Gasteiger partial charge in [0.25, 0.3) is 0 Å². The minimum atomic E-state index is -0.897. The summed E-state index contributed by atoms with van der Waals surface area (Å²) in [5.74, 6) is -1.21. The zero-order chi connectivity index (χ0) is 14.9. The number of rotatable bonds is 3. The van der Waals surface area contributed by atoms with Crippen LogP contribution in [0, 0.1) is 5.82 Å². The summed E-state index contributed by atoms with van der Waals surface area (Å²) < 4.78 is 14.8. The highest BCUT2D eigenvalue weighted by atomic mass is 35.5. The number of hydrogen-bond acceptors (Lipinski definition) is 3. The summed E-state index contributed by atoms with van der Waals surface area (Å²) in [6.07, 6.45) is 3.13. The van der Waals surface area contributed by atoms with Gasteiger partial charge in [-0.25, -0.2) is 4.39 Å². The number of hydrogen-bond donors (Lipinski definition) is 2. The molecule has 1 unspecified atom stereocenters. The van der Waals surface area contributed by atoms with Crippen LogP contribution in [-0.4, -0.2) is 15.7 Å². The molecule has 0 aliphatic rings.